The predicted molar refractivity (Wildman–Crippen MR) is 71.5 cm³/mol. The summed E-state index contributed by atoms with van der Waals surface area (Å²) in [5.41, 5.74) is 1.22. The van der Waals surface area contributed by atoms with E-state index in [9.17, 15) is 0 Å². The van der Waals surface area contributed by atoms with Crippen molar-refractivity contribution in [3.05, 3.63) is 23.5 Å². The third-order valence-electron chi connectivity index (χ3n) is 4.04. The number of allylic oxidation sites excluding steroid dienone is 4. The van der Waals surface area contributed by atoms with E-state index < -0.39 is 0 Å². The molecule has 2 nitrogen and oxygen atoms in total. The highest BCUT2D eigenvalue weighted by Gasteiger charge is 2.55. The van der Waals surface area contributed by atoms with Crippen LogP contribution in [0.15, 0.2) is 23.5 Å². The molecular weight excluding hydrogens is 231 g/mol. The van der Waals surface area contributed by atoms with Gasteiger partial charge in [-0.2, -0.15) is 0 Å². The average molecular weight is 252 g/mol. The summed E-state index contributed by atoms with van der Waals surface area (Å²) in [7, 11) is -0.119. The number of hydrogen-bond acceptors (Lipinski definition) is 2. The van der Waals surface area contributed by atoms with Gasteiger partial charge in [0.1, 0.15) is 0 Å². The van der Waals surface area contributed by atoms with Crippen molar-refractivity contribution < 1.29 is 9.47 Å². The Morgan fingerprint density at radius 2 is 1.76 bits per heavy atom. The fraction of sp³-hybridized carbons (Fsp3) is 0.714. The van der Waals surface area contributed by atoms with Gasteiger partial charge >= 0.3 is 0 Å². The molecule has 0 N–H and O–H groups in total. The molecule has 0 spiro atoms. The van der Waals surface area contributed by atoms with Crippen LogP contribution in [0.3, 0.4) is 0 Å². The van der Waals surface area contributed by atoms with E-state index in [-0.39, 0.29) is 13.7 Å². The van der Waals surface area contributed by atoms with Crippen LogP contribution in [0.4, 0.5) is 0 Å². The normalized spacial score (nSPS) is 47.3. The average Bonchev–Trinajstić information content (AvgIpc) is 2.88. The fourth-order valence-electron chi connectivity index (χ4n) is 3.36. The van der Waals surface area contributed by atoms with Gasteiger partial charge in [0.15, 0.2) is 5.79 Å². The Morgan fingerprint density at radius 3 is 2.24 bits per heavy atom. The quantitative estimate of drug-likeness (QED) is 0.663. The van der Waals surface area contributed by atoms with Crippen molar-refractivity contribution in [1.29, 1.82) is 0 Å². The van der Waals surface area contributed by atoms with E-state index in [2.05, 4.69) is 32.1 Å². The van der Waals surface area contributed by atoms with Crippen LogP contribution in [-0.2, 0) is 9.47 Å². The Balaban J connectivity index is 1.86. The summed E-state index contributed by atoms with van der Waals surface area (Å²) in [6.07, 6.45) is 8.64. The lowest BCUT2D eigenvalue weighted by Crippen LogP contribution is -2.27. The van der Waals surface area contributed by atoms with Gasteiger partial charge in [-0.25, -0.2) is 0 Å². The maximum atomic E-state index is 6.09. The first-order valence-electron chi connectivity index (χ1n) is 6.50. The Bertz CT molecular complexity index is 366. The van der Waals surface area contributed by atoms with Gasteiger partial charge in [0.05, 0.1) is 12.2 Å². The Kier molecular flexibility index (Phi) is 2.74. The first-order chi connectivity index (χ1) is 7.99. The number of fused-ring (bicyclic) bond motifs is 1. The molecule has 0 aromatic rings. The van der Waals surface area contributed by atoms with E-state index in [0.717, 1.165) is 6.42 Å². The zero-order valence-corrected chi connectivity index (χ0v) is 11.9. The summed E-state index contributed by atoms with van der Waals surface area (Å²) < 4.78 is 12.2. The van der Waals surface area contributed by atoms with Crippen molar-refractivity contribution in [3.8, 4) is 0 Å². The molecule has 0 unspecified atom stereocenters. The van der Waals surface area contributed by atoms with Crippen LogP contribution in [-0.4, -0.2) is 29.3 Å². The topological polar surface area (TPSA) is 18.5 Å². The van der Waals surface area contributed by atoms with Crippen LogP contribution in [0.2, 0.25) is 0 Å². The van der Waals surface area contributed by atoms with Gasteiger partial charge in [-0.3, -0.25) is 0 Å². The van der Waals surface area contributed by atoms with Crippen LogP contribution in [0.1, 0.15) is 34.1 Å². The van der Waals surface area contributed by atoms with Gasteiger partial charge in [-0.05, 0) is 25.6 Å². The maximum absolute atomic E-state index is 6.09. The molecule has 0 aromatic carbocycles. The standard InChI is InChI=1S/C14H21O2P/c1-9-12-13(16-14(3,4)15-12)10(2)17(9)11-7-5-6-8-11/h5,7-10,12-13H,6H2,1-4H3/t9-,10-,12+,13+/m0/s1. The van der Waals surface area contributed by atoms with E-state index in [0.29, 0.717) is 23.5 Å². The summed E-state index contributed by atoms with van der Waals surface area (Å²) in [6, 6.07) is 0. The SMILES string of the molecule is C[C@H]1[C@H]2OC(C)(C)O[C@@H]2[C@H](C)P1C1=CCC=C1. The summed E-state index contributed by atoms with van der Waals surface area (Å²) in [5.74, 6) is -0.390. The monoisotopic (exact) mass is 252 g/mol. The molecule has 0 radical (unpaired) electrons. The fourth-order valence-corrected chi connectivity index (χ4v) is 6.73. The summed E-state index contributed by atoms with van der Waals surface area (Å²) in [6.45, 7) is 8.73. The highest BCUT2D eigenvalue weighted by molar-refractivity contribution is 7.64. The molecule has 2 saturated heterocycles. The molecule has 3 aliphatic rings. The minimum absolute atomic E-state index is 0.119. The number of ether oxygens (including phenoxy) is 2. The Hall–Kier alpha value is -0.170. The molecule has 3 heteroatoms. The third-order valence-corrected chi connectivity index (χ3v) is 7.31. The minimum Gasteiger partial charge on any atom is -0.344 e. The van der Waals surface area contributed by atoms with Crippen LogP contribution in [0, 0.1) is 0 Å². The maximum Gasteiger partial charge on any atom is 0.163 e. The van der Waals surface area contributed by atoms with E-state index in [1.807, 2.05) is 13.8 Å². The molecule has 0 aromatic heterocycles. The van der Waals surface area contributed by atoms with E-state index in [4.69, 9.17) is 9.47 Å². The molecule has 2 aliphatic heterocycles. The molecular formula is C14H21O2P. The summed E-state index contributed by atoms with van der Waals surface area (Å²) in [5, 5.41) is 1.56. The number of hydrogen-bond donors (Lipinski definition) is 0. The van der Waals surface area contributed by atoms with Crippen LogP contribution in [0.25, 0.3) is 0 Å². The van der Waals surface area contributed by atoms with E-state index in [1.165, 1.54) is 0 Å². The summed E-state index contributed by atoms with van der Waals surface area (Å²) >= 11 is 0. The van der Waals surface area contributed by atoms with E-state index in [1.54, 1.807) is 5.31 Å². The predicted octanol–water partition coefficient (Wildman–Crippen LogP) is 3.62. The second-order valence-electron chi connectivity index (χ2n) is 5.72. The highest BCUT2D eigenvalue weighted by Crippen LogP contribution is 2.65. The molecule has 0 saturated carbocycles. The van der Waals surface area contributed by atoms with Gasteiger partial charge in [0, 0.05) is 11.3 Å². The van der Waals surface area contributed by atoms with Gasteiger partial charge in [0.2, 0.25) is 0 Å². The second kappa shape index (κ2) is 3.91. The smallest absolute Gasteiger partial charge is 0.163 e. The van der Waals surface area contributed by atoms with Crippen molar-refractivity contribution in [2.45, 2.75) is 63.4 Å². The lowest BCUT2D eigenvalue weighted by molar-refractivity contribution is -0.147. The Labute approximate surface area is 105 Å². The molecule has 4 atom stereocenters. The highest BCUT2D eigenvalue weighted by atomic mass is 31.1. The van der Waals surface area contributed by atoms with Crippen molar-refractivity contribution in [2.75, 3.05) is 0 Å². The third kappa shape index (κ3) is 1.82. The minimum atomic E-state index is -0.390. The van der Waals surface area contributed by atoms with Gasteiger partial charge in [-0.15, -0.1) is 0 Å². The van der Waals surface area contributed by atoms with Gasteiger partial charge in [-0.1, -0.05) is 40.0 Å². The zero-order chi connectivity index (χ0) is 12.2. The Morgan fingerprint density at radius 1 is 1.18 bits per heavy atom. The molecule has 0 amide bonds. The summed E-state index contributed by atoms with van der Waals surface area (Å²) in [4.78, 5) is 0. The van der Waals surface area contributed by atoms with Crippen LogP contribution in [0.5, 0.6) is 0 Å². The second-order valence-corrected chi connectivity index (χ2v) is 8.68. The molecule has 3 rings (SSSR count). The molecule has 2 heterocycles. The zero-order valence-electron chi connectivity index (χ0n) is 11.0. The van der Waals surface area contributed by atoms with Crippen molar-refractivity contribution in [2.24, 2.45) is 0 Å². The lowest BCUT2D eigenvalue weighted by atomic mass is 10.1. The van der Waals surface area contributed by atoms with Crippen molar-refractivity contribution in [1.82, 2.24) is 0 Å². The van der Waals surface area contributed by atoms with E-state index >= 15 is 0 Å². The molecule has 0 bridgehead atoms. The first kappa shape index (κ1) is 11.9. The molecule has 2 fully saturated rings. The molecule has 94 valence electrons. The van der Waals surface area contributed by atoms with Crippen LogP contribution < -0.4 is 0 Å². The van der Waals surface area contributed by atoms with Crippen molar-refractivity contribution in [3.63, 3.8) is 0 Å². The largest absolute Gasteiger partial charge is 0.344 e. The van der Waals surface area contributed by atoms with Gasteiger partial charge < -0.3 is 9.47 Å². The first-order valence-corrected chi connectivity index (χ1v) is 7.98. The molecule has 17 heavy (non-hydrogen) atoms. The van der Waals surface area contributed by atoms with Crippen molar-refractivity contribution >= 4 is 7.92 Å². The lowest BCUT2D eigenvalue weighted by Gasteiger charge is -2.28. The number of rotatable bonds is 1. The van der Waals surface area contributed by atoms with Crippen LogP contribution >= 0.6 is 7.92 Å². The van der Waals surface area contributed by atoms with Gasteiger partial charge in [0.25, 0.3) is 0 Å². The molecule has 1 aliphatic carbocycles.